The fraction of sp³-hybridized carbons (Fsp3) is 0.667. The molecule has 1 aliphatic rings. The molecule has 0 N–H and O–H groups in total. The van der Waals surface area contributed by atoms with Gasteiger partial charge in [-0.05, 0) is 0 Å². The van der Waals surface area contributed by atoms with Gasteiger partial charge in [-0.3, -0.25) is 14.4 Å². The van der Waals surface area contributed by atoms with Crippen LogP contribution in [0.5, 0.6) is 0 Å². The van der Waals surface area contributed by atoms with E-state index in [0.29, 0.717) is 0 Å². The maximum absolute atomic E-state index is 11.6. The highest BCUT2D eigenvalue weighted by atomic mass is 17.2. The van der Waals surface area contributed by atoms with Crippen LogP contribution >= 0.6 is 0 Å². The molecule has 90 valence electrons. The smallest absolute Gasteiger partial charge is 0.328 e. The number of carbonyl (C=O) groups is 3. The number of rotatable bonds is 5. The van der Waals surface area contributed by atoms with Crippen LogP contribution < -0.4 is 0 Å². The number of Topliss-reactive ketones (excluding diaryl/α,β-unsaturated/α-hetero) is 1. The van der Waals surface area contributed by atoms with Crippen LogP contribution in [-0.2, 0) is 33.6 Å². The second kappa shape index (κ2) is 5.57. The minimum Gasteiger partial charge on any atom is -0.468 e. The van der Waals surface area contributed by atoms with E-state index in [0.717, 1.165) is 7.11 Å². The Kier molecular flexibility index (Phi) is 4.39. The molecule has 0 aliphatic carbocycles. The van der Waals surface area contributed by atoms with Gasteiger partial charge in [0.25, 0.3) is 0 Å². The predicted molar refractivity (Wildman–Crippen MR) is 48.0 cm³/mol. The first kappa shape index (κ1) is 12.6. The van der Waals surface area contributed by atoms with E-state index in [-0.39, 0.29) is 13.0 Å². The molecular formula is C9H12O7. The Bertz CT molecular complexity index is 298. The highest BCUT2D eigenvalue weighted by Crippen LogP contribution is 2.20. The molecule has 1 fully saturated rings. The number of hydrogen-bond donors (Lipinski definition) is 0. The number of ketones is 1. The minimum absolute atomic E-state index is 0.0913. The van der Waals surface area contributed by atoms with Crippen LogP contribution in [0.3, 0.4) is 0 Å². The fourth-order valence-corrected chi connectivity index (χ4v) is 1.34. The summed E-state index contributed by atoms with van der Waals surface area (Å²) >= 11 is 0. The van der Waals surface area contributed by atoms with Crippen molar-refractivity contribution in [2.45, 2.75) is 12.5 Å². The molecule has 0 aromatic carbocycles. The van der Waals surface area contributed by atoms with E-state index in [1.165, 1.54) is 7.11 Å². The Morgan fingerprint density at radius 2 is 2.06 bits per heavy atom. The zero-order chi connectivity index (χ0) is 12.1. The average molecular weight is 232 g/mol. The summed E-state index contributed by atoms with van der Waals surface area (Å²) in [6.07, 6.45) is -0.821. The van der Waals surface area contributed by atoms with E-state index >= 15 is 0 Å². The molecule has 1 heterocycles. The molecule has 0 aromatic rings. The Balaban J connectivity index is 2.56. The van der Waals surface area contributed by atoms with Gasteiger partial charge in [0.2, 0.25) is 5.92 Å². The quantitative estimate of drug-likeness (QED) is 0.202. The minimum atomic E-state index is -1.46. The van der Waals surface area contributed by atoms with Crippen LogP contribution in [0.1, 0.15) is 6.42 Å². The van der Waals surface area contributed by atoms with Gasteiger partial charge in [-0.15, -0.1) is 0 Å². The van der Waals surface area contributed by atoms with E-state index in [2.05, 4.69) is 14.5 Å². The third kappa shape index (κ3) is 2.56. The van der Waals surface area contributed by atoms with Gasteiger partial charge in [0.1, 0.15) is 0 Å². The zero-order valence-electron chi connectivity index (χ0n) is 8.93. The number of cyclic esters (lactones) is 1. The predicted octanol–water partition coefficient (Wildman–Crippen LogP) is -0.762. The molecule has 2 unspecified atom stereocenters. The monoisotopic (exact) mass is 232 g/mol. The summed E-state index contributed by atoms with van der Waals surface area (Å²) in [4.78, 5) is 42.7. The third-order valence-corrected chi connectivity index (χ3v) is 2.11. The SMILES string of the molecule is COOCCC1OC(=O)C(C(=O)OC)C1=O. The van der Waals surface area contributed by atoms with Crippen LogP contribution in [0.4, 0.5) is 0 Å². The van der Waals surface area contributed by atoms with Crippen molar-refractivity contribution in [2.24, 2.45) is 5.92 Å². The molecule has 7 heteroatoms. The second-order valence-electron chi connectivity index (χ2n) is 3.06. The zero-order valence-corrected chi connectivity index (χ0v) is 8.93. The molecule has 0 aromatic heterocycles. The van der Waals surface area contributed by atoms with E-state index in [9.17, 15) is 14.4 Å². The van der Waals surface area contributed by atoms with Crippen molar-refractivity contribution in [1.29, 1.82) is 0 Å². The lowest BCUT2D eigenvalue weighted by atomic mass is 10.0. The summed E-state index contributed by atoms with van der Waals surface area (Å²) in [5.74, 6) is -3.83. The average Bonchev–Trinajstić information content (AvgIpc) is 2.54. The van der Waals surface area contributed by atoms with Gasteiger partial charge in [-0.2, -0.15) is 0 Å². The number of esters is 2. The van der Waals surface area contributed by atoms with Gasteiger partial charge in [-0.1, -0.05) is 0 Å². The topological polar surface area (TPSA) is 88.1 Å². The molecule has 0 bridgehead atoms. The Labute approximate surface area is 91.5 Å². The summed E-state index contributed by atoms with van der Waals surface area (Å²) < 4.78 is 9.06. The number of hydrogen-bond acceptors (Lipinski definition) is 7. The van der Waals surface area contributed by atoms with Crippen LogP contribution in [0.25, 0.3) is 0 Å². The normalized spacial score (nSPS) is 24.4. The lowest BCUT2D eigenvalue weighted by molar-refractivity contribution is -0.274. The molecule has 2 atom stereocenters. The lowest BCUT2D eigenvalue weighted by Gasteiger charge is -2.06. The molecule has 0 amide bonds. The van der Waals surface area contributed by atoms with Crippen molar-refractivity contribution in [1.82, 2.24) is 0 Å². The van der Waals surface area contributed by atoms with E-state index < -0.39 is 29.7 Å². The van der Waals surface area contributed by atoms with Crippen LogP contribution in [0, 0.1) is 5.92 Å². The Hall–Kier alpha value is -1.47. The third-order valence-electron chi connectivity index (χ3n) is 2.11. The highest BCUT2D eigenvalue weighted by molar-refractivity contribution is 6.19. The van der Waals surface area contributed by atoms with Crippen molar-refractivity contribution >= 4 is 17.7 Å². The van der Waals surface area contributed by atoms with Crippen LogP contribution in [-0.4, -0.2) is 44.7 Å². The van der Waals surface area contributed by atoms with Crippen molar-refractivity contribution in [3.05, 3.63) is 0 Å². The Morgan fingerprint density at radius 1 is 1.38 bits per heavy atom. The summed E-state index contributed by atoms with van der Waals surface area (Å²) in [6, 6.07) is 0. The first-order chi connectivity index (χ1) is 7.61. The van der Waals surface area contributed by atoms with Crippen molar-refractivity contribution in [2.75, 3.05) is 20.8 Å². The molecule has 1 saturated heterocycles. The standard InChI is InChI=1S/C9H12O7/c1-13-8(11)6-7(10)5(16-9(6)12)3-4-15-14-2/h5-6H,3-4H2,1-2H3. The molecule has 7 nitrogen and oxygen atoms in total. The first-order valence-electron chi connectivity index (χ1n) is 4.59. The lowest BCUT2D eigenvalue weighted by Crippen LogP contribution is -2.29. The molecule has 0 spiro atoms. The van der Waals surface area contributed by atoms with E-state index in [4.69, 9.17) is 4.74 Å². The summed E-state index contributed by atoms with van der Waals surface area (Å²) in [5, 5.41) is 0. The number of ether oxygens (including phenoxy) is 2. The maximum Gasteiger partial charge on any atom is 0.328 e. The van der Waals surface area contributed by atoms with Gasteiger partial charge >= 0.3 is 11.9 Å². The number of methoxy groups -OCH3 is 1. The molecule has 1 rings (SSSR count). The van der Waals surface area contributed by atoms with Gasteiger partial charge in [0.05, 0.1) is 20.8 Å². The molecular weight excluding hydrogens is 220 g/mol. The first-order valence-corrected chi connectivity index (χ1v) is 4.59. The van der Waals surface area contributed by atoms with Crippen molar-refractivity contribution < 1.29 is 33.6 Å². The maximum atomic E-state index is 11.6. The number of carbonyl (C=O) groups excluding carboxylic acids is 3. The van der Waals surface area contributed by atoms with E-state index in [1.54, 1.807) is 0 Å². The van der Waals surface area contributed by atoms with Crippen LogP contribution in [0.15, 0.2) is 0 Å². The van der Waals surface area contributed by atoms with Gasteiger partial charge < -0.3 is 9.47 Å². The van der Waals surface area contributed by atoms with Gasteiger partial charge in [0.15, 0.2) is 11.9 Å². The van der Waals surface area contributed by atoms with Gasteiger partial charge in [-0.25, -0.2) is 9.78 Å². The molecule has 16 heavy (non-hydrogen) atoms. The molecule has 0 radical (unpaired) electrons. The second-order valence-corrected chi connectivity index (χ2v) is 3.06. The van der Waals surface area contributed by atoms with E-state index in [1.807, 2.05) is 0 Å². The fourth-order valence-electron chi connectivity index (χ4n) is 1.34. The van der Waals surface area contributed by atoms with Crippen LogP contribution in [0.2, 0.25) is 0 Å². The summed E-state index contributed by atoms with van der Waals surface area (Å²) in [7, 11) is 2.42. The summed E-state index contributed by atoms with van der Waals surface area (Å²) in [5.41, 5.74) is 0. The Morgan fingerprint density at radius 3 is 2.62 bits per heavy atom. The van der Waals surface area contributed by atoms with Crippen molar-refractivity contribution in [3.63, 3.8) is 0 Å². The molecule has 0 saturated carbocycles. The highest BCUT2D eigenvalue weighted by Gasteiger charge is 2.48. The van der Waals surface area contributed by atoms with Crippen molar-refractivity contribution in [3.8, 4) is 0 Å². The summed E-state index contributed by atoms with van der Waals surface area (Å²) in [6.45, 7) is 0.0913. The largest absolute Gasteiger partial charge is 0.468 e. The molecule has 1 aliphatic heterocycles. The van der Waals surface area contributed by atoms with Gasteiger partial charge in [0, 0.05) is 6.42 Å².